The molecule has 0 atom stereocenters. The van der Waals surface area contributed by atoms with Crippen LogP contribution < -0.4 is 10.1 Å². The van der Waals surface area contributed by atoms with Gasteiger partial charge in [0, 0.05) is 17.1 Å². The quantitative estimate of drug-likeness (QED) is 0.832. The van der Waals surface area contributed by atoms with Crippen molar-refractivity contribution in [2.45, 2.75) is 0 Å². The molecule has 0 aliphatic rings. The van der Waals surface area contributed by atoms with Crippen LogP contribution in [0.25, 0.3) is 5.76 Å². The first-order valence-electron chi connectivity index (χ1n) is 6.13. The second-order valence-corrected chi connectivity index (χ2v) is 4.48. The Labute approximate surface area is 118 Å². The molecule has 2 aromatic carbocycles. The Morgan fingerprint density at radius 1 is 1.11 bits per heavy atom. The number of hydrogen-bond acceptors (Lipinski definition) is 2. The van der Waals surface area contributed by atoms with E-state index in [0.29, 0.717) is 5.02 Å². The lowest BCUT2D eigenvalue weighted by atomic mass is 10.2. The number of nitrogens with one attached hydrogen (secondary N) is 1. The van der Waals surface area contributed by atoms with Crippen molar-refractivity contribution in [1.29, 1.82) is 0 Å². The molecule has 0 spiro atoms. The maximum atomic E-state index is 5.92. The minimum absolute atomic E-state index is 0.702. The molecule has 0 unspecified atom stereocenters. The van der Waals surface area contributed by atoms with Crippen LogP contribution >= 0.6 is 11.6 Å². The molecule has 1 N–H and O–H groups in total. The summed E-state index contributed by atoms with van der Waals surface area (Å²) in [4.78, 5) is 0. The van der Waals surface area contributed by atoms with Gasteiger partial charge in [0.15, 0.2) is 0 Å². The van der Waals surface area contributed by atoms with Crippen molar-refractivity contribution in [1.82, 2.24) is 5.32 Å². The highest BCUT2D eigenvalue weighted by atomic mass is 35.5. The first kappa shape index (κ1) is 13.7. The van der Waals surface area contributed by atoms with Crippen molar-refractivity contribution < 1.29 is 4.74 Å². The van der Waals surface area contributed by atoms with Gasteiger partial charge in [0.2, 0.25) is 0 Å². The van der Waals surface area contributed by atoms with E-state index >= 15 is 0 Å². The molecule has 0 amide bonds. The van der Waals surface area contributed by atoms with E-state index in [1.807, 2.05) is 67.7 Å². The molecule has 98 valence electrons. The summed E-state index contributed by atoms with van der Waals surface area (Å²) in [5.74, 6) is 1.60. The number of rotatable bonds is 5. The van der Waals surface area contributed by atoms with E-state index in [0.717, 1.165) is 23.6 Å². The van der Waals surface area contributed by atoms with Crippen LogP contribution in [-0.2, 0) is 0 Å². The summed E-state index contributed by atoms with van der Waals surface area (Å²) < 4.78 is 5.92. The maximum absolute atomic E-state index is 5.92. The van der Waals surface area contributed by atoms with Gasteiger partial charge in [-0.05, 0) is 37.4 Å². The SMILES string of the molecule is CNCC=C(Oc1ccc(Cl)cc1)c1ccccc1. The normalized spacial score (nSPS) is 11.4. The summed E-state index contributed by atoms with van der Waals surface area (Å²) in [6, 6.07) is 17.4. The van der Waals surface area contributed by atoms with Crippen LogP contribution in [0.5, 0.6) is 5.75 Å². The third-order valence-corrected chi connectivity index (χ3v) is 2.84. The molecule has 19 heavy (non-hydrogen) atoms. The molecule has 0 saturated carbocycles. The highest BCUT2D eigenvalue weighted by Crippen LogP contribution is 2.22. The van der Waals surface area contributed by atoms with Crippen LogP contribution in [0.2, 0.25) is 5.02 Å². The lowest BCUT2D eigenvalue weighted by molar-refractivity contribution is 0.513. The Kier molecular flexibility index (Phi) is 5.01. The smallest absolute Gasteiger partial charge is 0.131 e. The lowest BCUT2D eigenvalue weighted by Gasteiger charge is -2.10. The summed E-state index contributed by atoms with van der Waals surface area (Å²) in [5.41, 5.74) is 1.05. The van der Waals surface area contributed by atoms with Gasteiger partial charge >= 0.3 is 0 Å². The van der Waals surface area contributed by atoms with Crippen molar-refractivity contribution in [2.24, 2.45) is 0 Å². The fraction of sp³-hybridized carbons (Fsp3) is 0.125. The Morgan fingerprint density at radius 3 is 2.42 bits per heavy atom. The van der Waals surface area contributed by atoms with Gasteiger partial charge in [0.25, 0.3) is 0 Å². The third kappa shape index (κ3) is 4.12. The number of likely N-dealkylation sites (N-methyl/N-ethyl adjacent to an activating group) is 1. The first-order chi connectivity index (χ1) is 9.29. The maximum Gasteiger partial charge on any atom is 0.131 e. The molecule has 0 aromatic heterocycles. The second kappa shape index (κ2) is 6.98. The molecule has 0 radical (unpaired) electrons. The fourth-order valence-electron chi connectivity index (χ4n) is 1.65. The molecule has 0 saturated heterocycles. The minimum atomic E-state index is 0.702. The molecule has 2 nitrogen and oxygen atoms in total. The minimum Gasteiger partial charge on any atom is -0.457 e. The Balaban J connectivity index is 2.22. The summed E-state index contributed by atoms with van der Waals surface area (Å²) in [5, 5.41) is 3.79. The fourth-order valence-corrected chi connectivity index (χ4v) is 1.77. The van der Waals surface area contributed by atoms with Crippen LogP contribution in [0.4, 0.5) is 0 Å². The van der Waals surface area contributed by atoms with Gasteiger partial charge in [-0.25, -0.2) is 0 Å². The van der Waals surface area contributed by atoms with Crippen LogP contribution in [0.3, 0.4) is 0 Å². The summed E-state index contributed by atoms with van der Waals surface area (Å²) in [6.45, 7) is 0.748. The first-order valence-corrected chi connectivity index (χ1v) is 6.51. The van der Waals surface area contributed by atoms with Crippen molar-refractivity contribution in [3.63, 3.8) is 0 Å². The molecule has 0 aliphatic carbocycles. The highest BCUT2D eigenvalue weighted by Gasteiger charge is 2.03. The van der Waals surface area contributed by atoms with Gasteiger partial charge in [0.1, 0.15) is 11.5 Å². The molecule has 0 bridgehead atoms. The molecular formula is C16H16ClNO. The monoisotopic (exact) mass is 273 g/mol. The van der Waals surface area contributed by atoms with Crippen molar-refractivity contribution in [3.05, 3.63) is 71.3 Å². The molecule has 2 aromatic rings. The van der Waals surface area contributed by atoms with E-state index in [1.54, 1.807) is 0 Å². The standard InChI is InChI=1S/C16H16ClNO/c1-18-12-11-16(13-5-3-2-4-6-13)19-15-9-7-14(17)8-10-15/h2-11,18H,12H2,1H3. The number of ether oxygens (including phenoxy) is 1. The summed E-state index contributed by atoms with van der Waals surface area (Å²) in [6.07, 6.45) is 2.02. The topological polar surface area (TPSA) is 21.3 Å². The third-order valence-electron chi connectivity index (χ3n) is 2.59. The molecule has 0 aliphatic heterocycles. The molecule has 3 heteroatoms. The van der Waals surface area contributed by atoms with Gasteiger partial charge < -0.3 is 10.1 Å². The van der Waals surface area contributed by atoms with Crippen molar-refractivity contribution in [3.8, 4) is 5.75 Å². The van der Waals surface area contributed by atoms with Gasteiger partial charge in [-0.1, -0.05) is 41.9 Å². The van der Waals surface area contributed by atoms with Crippen LogP contribution in [0.15, 0.2) is 60.7 Å². The lowest BCUT2D eigenvalue weighted by Crippen LogP contribution is -2.07. The van der Waals surface area contributed by atoms with E-state index in [9.17, 15) is 0 Å². The van der Waals surface area contributed by atoms with E-state index in [1.165, 1.54) is 0 Å². The predicted molar refractivity (Wildman–Crippen MR) is 80.4 cm³/mol. The second-order valence-electron chi connectivity index (χ2n) is 4.05. The molecular weight excluding hydrogens is 258 g/mol. The Hall–Kier alpha value is -1.77. The average molecular weight is 274 g/mol. The van der Waals surface area contributed by atoms with Crippen LogP contribution in [-0.4, -0.2) is 13.6 Å². The zero-order chi connectivity index (χ0) is 13.5. The predicted octanol–water partition coefficient (Wildman–Crippen LogP) is 3.98. The van der Waals surface area contributed by atoms with Crippen LogP contribution in [0.1, 0.15) is 5.56 Å². The zero-order valence-electron chi connectivity index (χ0n) is 10.8. The van der Waals surface area contributed by atoms with E-state index < -0.39 is 0 Å². The summed E-state index contributed by atoms with van der Waals surface area (Å²) in [7, 11) is 1.90. The van der Waals surface area contributed by atoms with Gasteiger partial charge in [-0.2, -0.15) is 0 Å². The average Bonchev–Trinajstić information content (AvgIpc) is 2.46. The Morgan fingerprint density at radius 2 is 1.79 bits per heavy atom. The van der Waals surface area contributed by atoms with Gasteiger partial charge in [-0.15, -0.1) is 0 Å². The number of halogens is 1. The van der Waals surface area contributed by atoms with E-state index in [4.69, 9.17) is 16.3 Å². The van der Waals surface area contributed by atoms with Crippen molar-refractivity contribution in [2.75, 3.05) is 13.6 Å². The molecule has 0 heterocycles. The van der Waals surface area contributed by atoms with Crippen molar-refractivity contribution >= 4 is 17.4 Å². The van der Waals surface area contributed by atoms with E-state index in [-0.39, 0.29) is 0 Å². The largest absolute Gasteiger partial charge is 0.457 e. The molecule has 0 fully saturated rings. The van der Waals surface area contributed by atoms with Crippen LogP contribution in [0, 0.1) is 0 Å². The number of hydrogen-bond donors (Lipinski definition) is 1. The van der Waals surface area contributed by atoms with E-state index in [2.05, 4.69) is 5.32 Å². The number of benzene rings is 2. The molecule has 2 rings (SSSR count). The Bertz CT molecular complexity index is 534. The van der Waals surface area contributed by atoms with Gasteiger partial charge in [-0.3, -0.25) is 0 Å². The zero-order valence-corrected chi connectivity index (χ0v) is 11.5. The van der Waals surface area contributed by atoms with Gasteiger partial charge in [0.05, 0.1) is 0 Å². The highest BCUT2D eigenvalue weighted by molar-refractivity contribution is 6.30. The summed E-state index contributed by atoms with van der Waals surface area (Å²) >= 11 is 5.87.